The molecule has 146 valence electrons. The molecule has 0 radical (unpaired) electrons. The fourth-order valence-electron chi connectivity index (χ4n) is 3.00. The van der Waals surface area contributed by atoms with E-state index in [4.69, 9.17) is 9.47 Å². The molecule has 1 aliphatic heterocycles. The van der Waals surface area contributed by atoms with Gasteiger partial charge in [0.2, 0.25) is 0 Å². The van der Waals surface area contributed by atoms with Crippen LogP contribution in [0.3, 0.4) is 0 Å². The third-order valence-corrected chi connectivity index (χ3v) is 4.09. The smallest absolute Gasteiger partial charge is 0.389 e. The van der Waals surface area contributed by atoms with Crippen molar-refractivity contribution in [3.63, 3.8) is 0 Å². The van der Waals surface area contributed by atoms with E-state index >= 15 is 0 Å². The third kappa shape index (κ3) is 6.73. The first kappa shape index (κ1) is 24.1. The molecule has 9 heteroatoms. The number of hydrogen-bond donors (Lipinski definition) is 1. The molecule has 25 heavy (non-hydrogen) atoms. The molecule has 1 heterocycles. The van der Waals surface area contributed by atoms with Gasteiger partial charge in [0, 0.05) is 44.2 Å². The van der Waals surface area contributed by atoms with Gasteiger partial charge in [-0.2, -0.15) is 13.2 Å². The summed E-state index contributed by atoms with van der Waals surface area (Å²) in [6.45, 7) is 2.97. The van der Waals surface area contributed by atoms with Crippen LogP contribution in [-0.4, -0.2) is 51.5 Å². The molecule has 1 aliphatic rings. The van der Waals surface area contributed by atoms with E-state index in [9.17, 15) is 13.2 Å². The highest BCUT2D eigenvalue weighted by Gasteiger charge is 2.32. The number of benzene rings is 1. The second-order valence-electron chi connectivity index (χ2n) is 5.54. The van der Waals surface area contributed by atoms with Gasteiger partial charge in [0.05, 0.1) is 14.2 Å². The first-order valence-corrected chi connectivity index (χ1v) is 7.68. The number of nitrogens with zero attached hydrogens (tertiary/aromatic N) is 1. The molecule has 0 spiro atoms. The van der Waals surface area contributed by atoms with Crippen LogP contribution >= 0.6 is 24.8 Å². The zero-order valence-corrected chi connectivity index (χ0v) is 15.9. The molecule has 1 aromatic rings. The van der Waals surface area contributed by atoms with E-state index in [1.165, 1.54) is 14.2 Å². The minimum absolute atomic E-state index is 0. The summed E-state index contributed by atoms with van der Waals surface area (Å²) >= 11 is 0. The van der Waals surface area contributed by atoms with Gasteiger partial charge >= 0.3 is 6.18 Å². The molecule has 1 saturated heterocycles. The second-order valence-corrected chi connectivity index (χ2v) is 5.54. The predicted octanol–water partition coefficient (Wildman–Crippen LogP) is 3.84. The van der Waals surface area contributed by atoms with Crippen molar-refractivity contribution in [2.75, 3.05) is 40.4 Å². The fraction of sp³-hybridized carbons (Fsp3) is 0.625. The molecule has 1 fully saturated rings. The predicted molar refractivity (Wildman–Crippen MR) is 96.5 cm³/mol. The quantitative estimate of drug-likeness (QED) is 0.780. The highest BCUT2D eigenvalue weighted by molar-refractivity contribution is 5.85. The van der Waals surface area contributed by atoms with Crippen molar-refractivity contribution < 1.29 is 22.6 Å². The molecule has 0 amide bonds. The van der Waals surface area contributed by atoms with E-state index in [2.05, 4.69) is 10.2 Å². The second kappa shape index (κ2) is 11.0. The molecule has 0 aromatic heterocycles. The number of para-hydroxylation sites is 1. The van der Waals surface area contributed by atoms with Crippen molar-refractivity contribution in [1.29, 1.82) is 0 Å². The van der Waals surface area contributed by atoms with E-state index in [-0.39, 0.29) is 37.3 Å². The van der Waals surface area contributed by atoms with Crippen LogP contribution in [0.25, 0.3) is 0 Å². The highest BCUT2D eigenvalue weighted by Crippen LogP contribution is 2.40. The van der Waals surface area contributed by atoms with Gasteiger partial charge in [0.1, 0.15) is 0 Å². The maximum atomic E-state index is 12.7. The first-order chi connectivity index (χ1) is 11.0. The van der Waals surface area contributed by atoms with E-state index < -0.39 is 12.6 Å². The van der Waals surface area contributed by atoms with Crippen LogP contribution in [0.1, 0.15) is 24.4 Å². The van der Waals surface area contributed by atoms with Crippen molar-refractivity contribution >= 4 is 24.8 Å². The number of methoxy groups -OCH3 is 2. The van der Waals surface area contributed by atoms with Crippen molar-refractivity contribution in [2.45, 2.75) is 25.1 Å². The number of alkyl halides is 3. The Morgan fingerprint density at radius 3 is 2.28 bits per heavy atom. The Hall–Kier alpha value is -0.890. The normalized spacial score (nSPS) is 16.4. The Balaban J connectivity index is 0.00000288. The van der Waals surface area contributed by atoms with Gasteiger partial charge in [-0.15, -0.1) is 24.8 Å². The van der Waals surface area contributed by atoms with Crippen molar-refractivity contribution in [3.05, 3.63) is 23.8 Å². The highest BCUT2D eigenvalue weighted by atomic mass is 35.5. The van der Waals surface area contributed by atoms with Crippen molar-refractivity contribution in [3.8, 4) is 11.5 Å². The van der Waals surface area contributed by atoms with Crippen LogP contribution in [0.4, 0.5) is 13.2 Å². The lowest BCUT2D eigenvalue weighted by molar-refractivity contribution is -0.138. The number of hydrogen-bond acceptors (Lipinski definition) is 4. The monoisotopic (exact) mass is 404 g/mol. The minimum atomic E-state index is -4.17. The van der Waals surface area contributed by atoms with E-state index in [1.807, 2.05) is 6.07 Å². The largest absolute Gasteiger partial charge is 0.493 e. The van der Waals surface area contributed by atoms with Crippen LogP contribution in [0.2, 0.25) is 0 Å². The van der Waals surface area contributed by atoms with Gasteiger partial charge in [-0.3, -0.25) is 4.90 Å². The van der Waals surface area contributed by atoms with E-state index in [1.54, 1.807) is 12.1 Å². The molecule has 1 N–H and O–H groups in total. The number of ether oxygens (including phenoxy) is 2. The summed E-state index contributed by atoms with van der Waals surface area (Å²) < 4.78 is 48.9. The molecule has 0 unspecified atom stereocenters. The topological polar surface area (TPSA) is 33.7 Å². The van der Waals surface area contributed by atoms with Crippen LogP contribution in [0.15, 0.2) is 18.2 Å². The van der Waals surface area contributed by atoms with Crippen LogP contribution in [0.5, 0.6) is 11.5 Å². The summed E-state index contributed by atoms with van der Waals surface area (Å²) in [5, 5.41) is 3.22. The lowest BCUT2D eigenvalue weighted by atomic mass is 9.97. The summed E-state index contributed by atoms with van der Waals surface area (Å²) in [5.41, 5.74) is 0.748. The number of rotatable bonds is 6. The molecule has 0 saturated carbocycles. The molecule has 2 rings (SSSR count). The number of nitrogens with one attached hydrogen (secondary N) is 1. The summed E-state index contributed by atoms with van der Waals surface area (Å²) in [7, 11) is 3.04. The van der Waals surface area contributed by atoms with Gasteiger partial charge in [0.25, 0.3) is 0 Å². The first-order valence-electron chi connectivity index (χ1n) is 7.68. The molecule has 1 atom stereocenters. The third-order valence-electron chi connectivity index (χ3n) is 4.09. The van der Waals surface area contributed by atoms with E-state index in [0.29, 0.717) is 24.6 Å². The zero-order valence-electron chi connectivity index (χ0n) is 14.3. The van der Waals surface area contributed by atoms with E-state index in [0.717, 1.165) is 18.7 Å². The van der Waals surface area contributed by atoms with Gasteiger partial charge in [-0.05, 0) is 12.5 Å². The zero-order chi connectivity index (χ0) is 16.9. The summed E-state index contributed by atoms with van der Waals surface area (Å²) in [5.74, 6) is 1.05. The summed E-state index contributed by atoms with van der Waals surface area (Å²) in [4.78, 5) is 2.08. The van der Waals surface area contributed by atoms with Gasteiger partial charge in [-0.25, -0.2) is 0 Å². The standard InChI is InChI=1S/C16H23F3N2O2.2ClH/c1-22-14-5-3-4-12(15(14)23-2)13(6-7-16(17,18)19)21-10-8-20-9-11-21;;/h3-5,13,20H,6-11H2,1-2H3;2*1H/t13-;;/m0../s1. The van der Waals surface area contributed by atoms with Crippen LogP contribution < -0.4 is 14.8 Å². The fourth-order valence-corrected chi connectivity index (χ4v) is 3.00. The Labute approximate surface area is 158 Å². The van der Waals surface area contributed by atoms with Crippen LogP contribution in [0, 0.1) is 0 Å². The summed E-state index contributed by atoms with van der Waals surface area (Å²) in [6, 6.07) is 5.02. The molecular weight excluding hydrogens is 380 g/mol. The Kier molecular flexibility index (Phi) is 10.6. The molecule has 1 aromatic carbocycles. The van der Waals surface area contributed by atoms with Gasteiger partial charge in [0.15, 0.2) is 11.5 Å². The molecule has 0 bridgehead atoms. The Morgan fingerprint density at radius 2 is 1.76 bits per heavy atom. The number of halogens is 5. The Bertz CT molecular complexity index is 513. The Morgan fingerprint density at radius 1 is 1.12 bits per heavy atom. The number of piperazine rings is 1. The van der Waals surface area contributed by atoms with Crippen molar-refractivity contribution in [1.82, 2.24) is 10.2 Å². The average molecular weight is 405 g/mol. The minimum Gasteiger partial charge on any atom is -0.493 e. The maximum Gasteiger partial charge on any atom is 0.389 e. The lowest BCUT2D eigenvalue weighted by Crippen LogP contribution is -2.45. The summed E-state index contributed by atoms with van der Waals surface area (Å²) in [6.07, 6.45) is -4.98. The molecule has 4 nitrogen and oxygen atoms in total. The SMILES string of the molecule is COc1cccc([C@H](CCC(F)(F)F)N2CCNCC2)c1OC.Cl.Cl. The molecular formula is C16H25Cl2F3N2O2. The van der Waals surface area contributed by atoms with Crippen LogP contribution in [-0.2, 0) is 0 Å². The van der Waals surface area contributed by atoms with Gasteiger partial charge in [-0.1, -0.05) is 12.1 Å². The lowest BCUT2D eigenvalue weighted by Gasteiger charge is -2.36. The maximum absolute atomic E-state index is 12.7. The van der Waals surface area contributed by atoms with Gasteiger partial charge < -0.3 is 14.8 Å². The average Bonchev–Trinajstić information content (AvgIpc) is 2.54. The van der Waals surface area contributed by atoms with Crippen molar-refractivity contribution in [2.24, 2.45) is 0 Å². The molecule has 0 aliphatic carbocycles.